The fraction of sp³-hybridized carbons (Fsp3) is 0.0667. The van der Waals surface area contributed by atoms with Crippen molar-refractivity contribution in [1.29, 1.82) is 0 Å². The van der Waals surface area contributed by atoms with Crippen LogP contribution >= 0.6 is 0 Å². The molecular formula is C15H15N5. The van der Waals surface area contributed by atoms with Crippen molar-refractivity contribution in [1.82, 2.24) is 14.8 Å². The predicted molar refractivity (Wildman–Crippen MR) is 79.5 cm³/mol. The molecule has 1 aromatic carbocycles. The Morgan fingerprint density at radius 1 is 1.10 bits per heavy atom. The van der Waals surface area contributed by atoms with Crippen molar-refractivity contribution in [3.05, 3.63) is 66.6 Å². The first-order valence-corrected chi connectivity index (χ1v) is 6.36. The Labute approximate surface area is 117 Å². The fourth-order valence-corrected chi connectivity index (χ4v) is 1.99. The summed E-state index contributed by atoms with van der Waals surface area (Å²) in [5, 5.41) is 7.55. The molecule has 0 aliphatic heterocycles. The number of nitrogens with two attached hydrogens (primary N) is 1. The van der Waals surface area contributed by atoms with Gasteiger partial charge in [0.1, 0.15) is 5.82 Å². The molecule has 0 amide bonds. The van der Waals surface area contributed by atoms with Crippen molar-refractivity contribution in [2.75, 3.05) is 11.1 Å². The van der Waals surface area contributed by atoms with Crippen LogP contribution in [0.5, 0.6) is 0 Å². The van der Waals surface area contributed by atoms with Crippen LogP contribution in [0.4, 0.5) is 11.5 Å². The second kappa shape index (κ2) is 5.44. The molecule has 20 heavy (non-hydrogen) atoms. The molecule has 3 aromatic rings. The molecule has 0 saturated heterocycles. The largest absolute Gasteiger partial charge is 0.397 e. The number of nitrogens with zero attached hydrogens (tertiary/aromatic N) is 3. The Kier molecular flexibility index (Phi) is 3.33. The van der Waals surface area contributed by atoms with Gasteiger partial charge < -0.3 is 11.1 Å². The number of nitrogen functional groups attached to an aromatic ring is 1. The molecule has 2 aromatic heterocycles. The number of aromatic nitrogens is 3. The van der Waals surface area contributed by atoms with Gasteiger partial charge in [-0.25, -0.2) is 9.67 Å². The molecule has 0 spiro atoms. The standard InChI is InChI=1S/C15H15N5/c16-13-6-7-15(18-11-13)17-10-12-4-1-2-5-14(12)20-9-3-8-19-20/h1-9,11H,10,16H2,(H,17,18). The number of hydrogen-bond donors (Lipinski definition) is 2. The van der Waals surface area contributed by atoms with E-state index in [4.69, 9.17) is 5.73 Å². The van der Waals surface area contributed by atoms with E-state index in [2.05, 4.69) is 21.5 Å². The summed E-state index contributed by atoms with van der Waals surface area (Å²) in [5.41, 5.74) is 8.48. The summed E-state index contributed by atoms with van der Waals surface area (Å²) >= 11 is 0. The van der Waals surface area contributed by atoms with Gasteiger partial charge >= 0.3 is 0 Å². The molecule has 0 unspecified atom stereocenters. The molecule has 5 heteroatoms. The van der Waals surface area contributed by atoms with Crippen LogP contribution in [0.15, 0.2) is 61.1 Å². The molecular weight excluding hydrogens is 250 g/mol. The van der Waals surface area contributed by atoms with Gasteiger partial charge in [0.25, 0.3) is 0 Å². The average Bonchev–Trinajstić information content (AvgIpc) is 3.01. The highest BCUT2D eigenvalue weighted by molar-refractivity contribution is 5.46. The van der Waals surface area contributed by atoms with Crippen molar-refractivity contribution in [2.24, 2.45) is 0 Å². The van der Waals surface area contributed by atoms with Crippen molar-refractivity contribution >= 4 is 11.5 Å². The molecule has 100 valence electrons. The molecule has 3 N–H and O–H groups in total. The summed E-state index contributed by atoms with van der Waals surface area (Å²) in [6, 6.07) is 13.7. The van der Waals surface area contributed by atoms with E-state index in [1.54, 1.807) is 12.4 Å². The van der Waals surface area contributed by atoms with Crippen molar-refractivity contribution < 1.29 is 0 Å². The van der Waals surface area contributed by atoms with Crippen molar-refractivity contribution in [2.45, 2.75) is 6.54 Å². The lowest BCUT2D eigenvalue weighted by Gasteiger charge is -2.11. The van der Waals surface area contributed by atoms with Crippen molar-refractivity contribution in [3.8, 4) is 5.69 Å². The maximum absolute atomic E-state index is 5.62. The van der Waals surface area contributed by atoms with Crippen LogP contribution in [0.25, 0.3) is 5.69 Å². The van der Waals surface area contributed by atoms with Crippen LogP contribution in [-0.4, -0.2) is 14.8 Å². The third-order valence-corrected chi connectivity index (χ3v) is 2.99. The molecule has 2 heterocycles. The fourth-order valence-electron chi connectivity index (χ4n) is 1.99. The van der Waals surface area contributed by atoms with Gasteiger partial charge in [-0.1, -0.05) is 18.2 Å². The number of anilines is 2. The lowest BCUT2D eigenvalue weighted by Crippen LogP contribution is -2.06. The topological polar surface area (TPSA) is 68.8 Å². The summed E-state index contributed by atoms with van der Waals surface area (Å²) in [4.78, 5) is 4.23. The normalized spacial score (nSPS) is 10.4. The van der Waals surface area contributed by atoms with E-state index in [0.29, 0.717) is 12.2 Å². The average molecular weight is 265 g/mol. The maximum atomic E-state index is 5.62. The van der Waals surface area contributed by atoms with Gasteiger partial charge in [0.05, 0.1) is 17.6 Å². The highest BCUT2D eigenvalue weighted by Gasteiger charge is 2.04. The number of hydrogen-bond acceptors (Lipinski definition) is 4. The Morgan fingerprint density at radius 2 is 2.00 bits per heavy atom. The summed E-state index contributed by atoms with van der Waals surface area (Å²) < 4.78 is 1.85. The smallest absolute Gasteiger partial charge is 0.126 e. The quantitative estimate of drug-likeness (QED) is 0.760. The maximum Gasteiger partial charge on any atom is 0.126 e. The third-order valence-electron chi connectivity index (χ3n) is 2.99. The monoisotopic (exact) mass is 265 g/mol. The zero-order chi connectivity index (χ0) is 13.8. The van der Waals surface area contributed by atoms with Crippen LogP contribution < -0.4 is 11.1 Å². The molecule has 0 aliphatic rings. The number of rotatable bonds is 4. The first-order valence-electron chi connectivity index (χ1n) is 6.36. The summed E-state index contributed by atoms with van der Waals surface area (Å²) in [7, 11) is 0. The van der Waals surface area contributed by atoms with Crippen LogP contribution in [0.2, 0.25) is 0 Å². The zero-order valence-corrected chi connectivity index (χ0v) is 10.9. The lowest BCUT2D eigenvalue weighted by molar-refractivity contribution is 0.863. The molecule has 5 nitrogen and oxygen atoms in total. The minimum Gasteiger partial charge on any atom is -0.397 e. The molecule has 3 rings (SSSR count). The van der Waals surface area contributed by atoms with Gasteiger partial charge in [0.2, 0.25) is 0 Å². The van der Waals surface area contributed by atoms with Gasteiger partial charge in [-0.3, -0.25) is 0 Å². The van der Waals surface area contributed by atoms with E-state index in [9.17, 15) is 0 Å². The molecule has 0 fully saturated rings. The van der Waals surface area contributed by atoms with E-state index < -0.39 is 0 Å². The Balaban J connectivity index is 1.79. The Hall–Kier alpha value is -2.82. The number of benzene rings is 1. The number of nitrogens with one attached hydrogen (secondary N) is 1. The number of para-hydroxylation sites is 1. The Bertz CT molecular complexity index is 674. The first-order chi connectivity index (χ1) is 9.83. The zero-order valence-electron chi connectivity index (χ0n) is 10.9. The second-order valence-corrected chi connectivity index (χ2v) is 4.41. The van der Waals surface area contributed by atoms with Crippen LogP contribution in [-0.2, 0) is 6.54 Å². The minimum atomic E-state index is 0.660. The van der Waals surface area contributed by atoms with E-state index >= 15 is 0 Å². The van der Waals surface area contributed by atoms with Crippen LogP contribution in [0, 0.1) is 0 Å². The minimum absolute atomic E-state index is 0.660. The molecule has 0 radical (unpaired) electrons. The highest BCUT2D eigenvalue weighted by Crippen LogP contribution is 2.15. The van der Waals surface area contributed by atoms with Gasteiger partial charge in [0.15, 0.2) is 0 Å². The van der Waals surface area contributed by atoms with E-state index in [0.717, 1.165) is 17.1 Å². The summed E-state index contributed by atoms with van der Waals surface area (Å²) in [5.74, 6) is 0.800. The van der Waals surface area contributed by atoms with Crippen LogP contribution in [0.3, 0.4) is 0 Å². The molecule has 0 atom stereocenters. The van der Waals surface area contributed by atoms with E-state index in [1.165, 1.54) is 0 Å². The first kappa shape index (κ1) is 12.2. The van der Waals surface area contributed by atoms with Gasteiger partial charge in [-0.2, -0.15) is 5.10 Å². The summed E-state index contributed by atoms with van der Waals surface area (Å²) in [6.07, 6.45) is 5.34. The molecule has 0 aliphatic carbocycles. The Morgan fingerprint density at radius 3 is 2.75 bits per heavy atom. The highest BCUT2D eigenvalue weighted by atomic mass is 15.3. The van der Waals surface area contributed by atoms with Gasteiger partial charge in [0, 0.05) is 18.9 Å². The summed E-state index contributed by atoms with van der Waals surface area (Å²) in [6.45, 7) is 0.674. The molecule has 0 saturated carbocycles. The molecule has 0 bridgehead atoms. The van der Waals surface area contributed by atoms with E-state index in [-0.39, 0.29) is 0 Å². The van der Waals surface area contributed by atoms with Crippen LogP contribution in [0.1, 0.15) is 5.56 Å². The lowest BCUT2D eigenvalue weighted by atomic mass is 10.2. The SMILES string of the molecule is Nc1ccc(NCc2ccccc2-n2cccn2)nc1. The second-order valence-electron chi connectivity index (χ2n) is 4.41. The third kappa shape index (κ3) is 2.61. The van der Waals surface area contributed by atoms with Gasteiger partial charge in [-0.15, -0.1) is 0 Å². The van der Waals surface area contributed by atoms with Crippen molar-refractivity contribution in [3.63, 3.8) is 0 Å². The number of pyridine rings is 1. The predicted octanol–water partition coefficient (Wildman–Crippen LogP) is 2.46. The van der Waals surface area contributed by atoms with Gasteiger partial charge in [-0.05, 0) is 29.8 Å². The van der Waals surface area contributed by atoms with E-state index in [1.807, 2.05) is 47.3 Å².